The van der Waals surface area contributed by atoms with Gasteiger partial charge in [-0.3, -0.25) is 14.5 Å². The number of aryl methyl sites for hydroxylation is 1. The van der Waals surface area contributed by atoms with Crippen LogP contribution in [-0.2, 0) is 11.2 Å². The fraction of sp³-hybridized carbons (Fsp3) is 0.346. The second-order valence-corrected chi connectivity index (χ2v) is 9.33. The summed E-state index contributed by atoms with van der Waals surface area (Å²) in [5.74, 6) is 0.383. The van der Waals surface area contributed by atoms with E-state index < -0.39 is 6.04 Å². The summed E-state index contributed by atoms with van der Waals surface area (Å²) >= 11 is 1.46. The topological polar surface area (TPSA) is 49.7 Å². The third kappa shape index (κ3) is 3.55. The van der Waals surface area contributed by atoms with Crippen LogP contribution in [0.2, 0.25) is 0 Å². The number of Topliss-reactive ketones (excluding diaryl/α,β-unsaturated/α-hetero) is 1. The highest BCUT2D eigenvalue weighted by atomic mass is 32.2. The fourth-order valence-corrected chi connectivity index (χ4v) is 5.61. The van der Waals surface area contributed by atoms with Crippen LogP contribution in [0.4, 0.5) is 0 Å². The molecule has 4 nitrogen and oxygen atoms in total. The number of fused-ring (bicyclic) bond motifs is 3. The highest BCUT2D eigenvalue weighted by Gasteiger charge is 2.46. The molecule has 3 aliphatic rings. The molecule has 0 N–H and O–H groups in total. The number of aliphatic imine (C=N–C) groups is 1. The Bertz CT molecular complexity index is 1100. The zero-order chi connectivity index (χ0) is 21.4. The van der Waals surface area contributed by atoms with E-state index in [1.807, 2.05) is 24.3 Å². The predicted octanol–water partition coefficient (Wildman–Crippen LogP) is 5.79. The molecule has 2 heterocycles. The summed E-state index contributed by atoms with van der Waals surface area (Å²) < 4.78 is 0. The molecule has 2 aromatic carbocycles. The zero-order valence-corrected chi connectivity index (χ0v) is 18.6. The van der Waals surface area contributed by atoms with Crippen molar-refractivity contribution in [1.82, 2.24) is 4.90 Å². The Morgan fingerprint density at radius 3 is 2.48 bits per heavy atom. The van der Waals surface area contributed by atoms with Crippen molar-refractivity contribution in [3.05, 3.63) is 76.4 Å². The number of benzene rings is 2. The number of amides is 1. The minimum Gasteiger partial charge on any atom is -0.289 e. The van der Waals surface area contributed by atoms with Gasteiger partial charge in [0.25, 0.3) is 0 Å². The lowest BCUT2D eigenvalue weighted by Gasteiger charge is -2.32. The highest BCUT2D eigenvalue weighted by Crippen LogP contribution is 2.48. The summed E-state index contributed by atoms with van der Waals surface area (Å²) in [4.78, 5) is 32.6. The lowest BCUT2D eigenvalue weighted by atomic mass is 9.92. The third-order valence-electron chi connectivity index (χ3n) is 6.33. The van der Waals surface area contributed by atoms with Gasteiger partial charge in [0.05, 0.1) is 23.1 Å². The molecular formula is C26H26N2O2S. The van der Waals surface area contributed by atoms with E-state index in [9.17, 15) is 9.59 Å². The molecular weight excluding hydrogens is 404 g/mol. The Hall–Kier alpha value is -2.66. The number of hydrogen-bond donors (Lipinski definition) is 0. The molecule has 2 aromatic rings. The van der Waals surface area contributed by atoms with Gasteiger partial charge in [-0.1, -0.05) is 92.9 Å². The SMILES string of the molecule is CCCCCCCc1ccc([C@H]2C3=C(N=C4SCC(=O)N42)c2ccccc2C3=O)cc1. The first-order chi connectivity index (χ1) is 15.2. The van der Waals surface area contributed by atoms with Crippen molar-refractivity contribution in [2.75, 3.05) is 5.75 Å². The molecule has 0 radical (unpaired) electrons. The smallest absolute Gasteiger partial charge is 0.239 e. The van der Waals surface area contributed by atoms with Crippen LogP contribution in [0.3, 0.4) is 0 Å². The molecule has 2 aliphatic heterocycles. The second kappa shape index (κ2) is 8.46. The molecule has 0 aromatic heterocycles. The normalized spacial score (nSPS) is 19.5. The summed E-state index contributed by atoms with van der Waals surface area (Å²) in [6.07, 6.45) is 7.39. The van der Waals surface area contributed by atoms with Gasteiger partial charge in [0.1, 0.15) is 0 Å². The lowest BCUT2D eigenvalue weighted by molar-refractivity contribution is -0.125. The average Bonchev–Trinajstić information content (AvgIpc) is 3.31. The Morgan fingerprint density at radius 2 is 1.71 bits per heavy atom. The van der Waals surface area contributed by atoms with Crippen LogP contribution in [0.1, 0.15) is 72.1 Å². The van der Waals surface area contributed by atoms with Gasteiger partial charge in [0, 0.05) is 11.1 Å². The summed E-state index contributed by atoms with van der Waals surface area (Å²) in [5, 5.41) is 0.707. The molecule has 0 spiro atoms. The maximum absolute atomic E-state index is 13.3. The van der Waals surface area contributed by atoms with Crippen LogP contribution in [0, 0.1) is 0 Å². The maximum Gasteiger partial charge on any atom is 0.239 e. The molecule has 0 bridgehead atoms. The number of rotatable bonds is 7. The van der Waals surface area contributed by atoms with E-state index in [4.69, 9.17) is 4.99 Å². The van der Waals surface area contributed by atoms with Gasteiger partial charge in [0.15, 0.2) is 11.0 Å². The standard InChI is InChI=1S/C26H26N2O2S/c1-2-3-4-5-6-9-17-12-14-18(15-13-17)24-22-23(27-26-28(24)21(29)16-31-26)19-10-7-8-11-20(19)25(22)30/h7-8,10-15,24H,2-6,9,16H2,1H3/t24-/m0/s1. The zero-order valence-electron chi connectivity index (χ0n) is 17.8. The largest absolute Gasteiger partial charge is 0.289 e. The Morgan fingerprint density at radius 1 is 0.968 bits per heavy atom. The van der Waals surface area contributed by atoms with Crippen molar-refractivity contribution in [2.45, 2.75) is 51.5 Å². The van der Waals surface area contributed by atoms with Crippen LogP contribution in [0.25, 0.3) is 5.70 Å². The van der Waals surface area contributed by atoms with Crippen molar-refractivity contribution in [3.63, 3.8) is 0 Å². The number of ketones is 1. The molecule has 158 valence electrons. The first kappa shape index (κ1) is 20.3. The number of unbranched alkanes of at least 4 members (excludes halogenated alkanes) is 4. The Kier molecular flexibility index (Phi) is 5.53. The first-order valence-corrected chi connectivity index (χ1v) is 12.2. The lowest BCUT2D eigenvalue weighted by Crippen LogP contribution is -2.38. The maximum atomic E-state index is 13.3. The number of nitrogens with zero attached hydrogens (tertiary/aromatic N) is 2. The van der Waals surface area contributed by atoms with E-state index in [1.54, 1.807) is 4.90 Å². The summed E-state index contributed by atoms with van der Waals surface area (Å²) in [7, 11) is 0. The molecule has 31 heavy (non-hydrogen) atoms. The Balaban J connectivity index is 1.46. The molecule has 5 heteroatoms. The Labute approximate surface area is 187 Å². The van der Waals surface area contributed by atoms with Crippen molar-refractivity contribution < 1.29 is 9.59 Å². The van der Waals surface area contributed by atoms with Crippen LogP contribution in [-0.4, -0.2) is 27.5 Å². The van der Waals surface area contributed by atoms with E-state index in [-0.39, 0.29) is 11.7 Å². The molecule has 1 aliphatic carbocycles. The number of hydrogen-bond acceptors (Lipinski definition) is 4. The van der Waals surface area contributed by atoms with Crippen LogP contribution in [0.15, 0.2) is 59.1 Å². The molecule has 1 atom stereocenters. The van der Waals surface area contributed by atoms with Crippen molar-refractivity contribution in [3.8, 4) is 0 Å². The third-order valence-corrected chi connectivity index (χ3v) is 7.27. The van der Waals surface area contributed by atoms with E-state index in [1.165, 1.54) is 49.4 Å². The minimum absolute atomic E-state index is 0.0110. The second-order valence-electron chi connectivity index (χ2n) is 8.39. The molecule has 0 unspecified atom stereocenters. The number of thioether (sulfide) groups is 1. The average molecular weight is 431 g/mol. The molecule has 5 rings (SSSR count). The van der Waals surface area contributed by atoms with Crippen LogP contribution in [0.5, 0.6) is 0 Å². The quantitative estimate of drug-likeness (QED) is 0.522. The minimum atomic E-state index is -0.400. The number of amidine groups is 1. The van der Waals surface area contributed by atoms with Gasteiger partial charge in [-0.25, -0.2) is 4.99 Å². The predicted molar refractivity (Wildman–Crippen MR) is 126 cm³/mol. The molecule has 1 saturated heterocycles. The van der Waals surface area contributed by atoms with Crippen molar-refractivity contribution >= 4 is 34.3 Å². The van der Waals surface area contributed by atoms with Gasteiger partial charge in [-0.05, 0) is 24.0 Å². The van der Waals surface area contributed by atoms with Gasteiger partial charge < -0.3 is 0 Å². The van der Waals surface area contributed by atoms with Gasteiger partial charge in [-0.15, -0.1) is 0 Å². The van der Waals surface area contributed by atoms with Gasteiger partial charge >= 0.3 is 0 Å². The highest BCUT2D eigenvalue weighted by molar-refractivity contribution is 8.15. The summed E-state index contributed by atoms with van der Waals surface area (Å²) in [5.41, 5.74) is 5.22. The number of carbonyl (C=O) groups excluding carboxylic acids is 2. The van der Waals surface area contributed by atoms with Gasteiger partial charge in [-0.2, -0.15) is 0 Å². The van der Waals surface area contributed by atoms with Gasteiger partial charge in [0.2, 0.25) is 5.91 Å². The van der Waals surface area contributed by atoms with Crippen molar-refractivity contribution in [1.29, 1.82) is 0 Å². The molecule has 1 amide bonds. The summed E-state index contributed by atoms with van der Waals surface area (Å²) in [6, 6.07) is 15.7. The van der Waals surface area contributed by atoms with E-state index >= 15 is 0 Å². The number of carbonyl (C=O) groups is 2. The van der Waals surface area contributed by atoms with E-state index in [2.05, 4.69) is 31.2 Å². The summed E-state index contributed by atoms with van der Waals surface area (Å²) in [6.45, 7) is 2.23. The first-order valence-electron chi connectivity index (χ1n) is 11.2. The molecule has 0 saturated carbocycles. The van der Waals surface area contributed by atoms with Crippen LogP contribution >= 0.6 is 11.8 Å². The molecule has 1 fully saturated rings. The van der Waals surface area contributed by atoms with E-state index in [0.29, 0.717) is 22.1 Å². The monoisotopic (exact) mass is 430 g/mol. The van der Waals surface area contributed by atoms with Crippen molar-refractivity contribution in [2.24, 2.45) is 4.99 Å². The fourth-order valence-electron chi connectivity index (χ4n) is 4.71. The van der Waals surface area contributed by atoms with Crippen LogP contribution < -0.4 is 0 Å². The van der Waals surface area contributed by atoms with E-state index in [0.717, 1.165) is 23.2 Å².